The number of rotatable bonds is 2. The smallest absolute Gasteiger partial charge is 0.334 e. The zero-order valence-electron chi connectivity index (χ0n) is 11.2. The number of nitrogens with zero attached hydrogens (tertiary/aromatic N) is 2. The summed E-state index contributed by atoms with van der Waals surface area (Å²) in [5, 5.41) is 3.79. The van der Waals surface area contributed by atoms with Crippen LogP contribution in [0.5, 0.6) is 0 Å². The molecule has 0 amide bonds. The number of alkyl halides is 3. The Morgan fingerprint density at radius 2 is 1.70 bits per heavy atom. The molecule has 0 bridgehead atoms. The molecule has 2 aromatic carbocycles. The maximum atomic E-state index is 13.0. The molecule has 1 heterocycles. The topological polar surface area (TPSA) is 38.9 Å². The summed E-state index contributed by atoms with van der Waals surface area (Å²) in [5.41, 5.74) is -0.0866. The Kier molecular flexibility index (Phi) is 3.81. The monoisotopic (exact) mass is 342 g/mol. The highest BCUT2D eigenvalue weighted by Crippen LogP contribution is 2.32. The molecule has 0 aliphatic carbocycles. The van der Waals surface area contributed by atoms with Crippen LogP contribution in [0.4, 0.5) is 17.6 Å². The summed E-state index contributed by atoms with van der Waals surface area (Å²) >= 11 is 5.90. The molecule has 0 aliphatic heterocycles. The van der Waals surface area contributed by atoms with Crippen LogP contribution in [-0.2, 0) is 6.18 Å². The van der Waals surface area contributed by atoms with E-state index in [9.17, 15) is 17.6 Å². The van der Waals surface area contributed by atoms with Crippen molar-refractivity contribution in [3.05, 3.63) is 58.9 Å². The minimum Gasteiger partial charge on any atom is -0.334 e. The fraction of sp³-hybridized carbons (Fsp3) is 0.0667. The van der Waals surface area contributed by atoms with Gasteiger partial charge in [0.2, 0.25) is 5.82 Å². The van der Waals surface area contributed by atoms with Crippen molar-refractivity contribution < 1.29 is 22.1 Å². The van der Waals surface area contributed by atoms with E-state index in [0.717, 1.165) is 18.2 Å². The van der Waals surface area contributed by atoms with Gasteiger partial charge < -0.3 is 4.52 Å². The first kappa shape index (κ1) is 15.5. The summed E-state index contributed by atoms with van der Waals surface area (Å²) in [6, 6.07) is 7.99. The second-order valence-electron chi connectivity index (χ2n) is 4.62. The van der Waals surface area contributed by atoms with E-state index < -0.39 is 17.6 Å². The van der Waals surface area contributed by atoms with Crippen LogP contribution in [0.3, 0.4) is 0 Å². The van der Waals surface area contributed by atoms with Gasteiger partial charge in [-0.05, 0) is 30.3 Å². The minimum absolute atomic E-state index is 0.0462. The predicted molar refractivity (Wildman–Crippen MR) is 75.1 cm³/mol. The molecule has 0 aliphatic rings. The Bertz CT molecular complexity index is 843. The fourth-order valence-electron chi connectivity index (χ4n) is 1.92. The van der Waals surface area contributed by atoms with Crippen molar-refractivity contribution in [1.82, 2.24) is 10.1 Å². The van der Waals surface area contributed by atoms with Gasteiger partial charge in [0.1, 0.15) is 5.82 Å². The highest BCUT2D eigenvalue weighted by molar-refractivity contribution is 6.33. The molecule has 0 atom stereocenters. The van der Waals surface area contributed by atoms with E-state index in [1.165, 1.54) is 24.3 Å². The summed E-state index contributed by atoms with van der Waals surface area (Å²) in [6.07, 6.45) is -4.41. The maximum Gasteiger partial charge on any atom is 0.416 e. The molecule has 0 spiro atoms. The molecule has 0 unspecified atom stereocenters. The Morgan fingerprint density at radius 1 is 1.00 bits per heavy atom. The molecule has 8 heteroatoms. The second-order valence-corrected chi connectivity index (χ2v) is 5.03. The van der Waals surface area contributed by atoms with Gasteiger partial charge in [0.15, 0.2) is 0 Å². The third-order valence-electron chi connectivity index (χ3n) is 3.06. The molecule has 1 aromatic heterocycles. The summed E-state index contributed by atoms with van der Waals surface area (Å²) in [6.45, 7) is 0. The van der Waals surface area contributed by atoms with Crippen molar-refractivity contribution in [3.8, 4) is 22.8 Å². The van der Waals surface area contributed by atoms with Crippen LogP contribution in [0.1, 0.15) is 5.56 Å². The van der Waals surface area contributed by atoms with E-state index in [1.807, 2.05) is 0 Å². The van der Waals surface area contributed by atoms with E-state index in [-0.39, 0.29) is 16.7 Å². The summed E-state index contributed by atoms with van der Waals surface area (Å²) in [7, 11) is 0. The fourth-order valence-corrected chi connectivity index (χ4v) is 2.17. The first-order chi connectivity index (χ1) is 10.8. The van der Waals surface area contributed by atoms with Gasteiger partial charge >= 0.3 is 6.18 Å². The molecule has 23 heavy (non-hydrogen) atoms. The van der Waals surface area contributed by atoms with Gasteiger partial charge in [0, 0.05) is 5.56 Å². The van der Waals surface area contributed by atoms with Gasteiger partial charge in [-0.3, -0.25) is 0 Å². The number of hydrogen-bond acceptors (Lipinski definition) is 3. The molecule has 3 rings (SSSR count). The van der Waals surface area contributed by atoms with Crippen LogP contribution in [0.2, 0.25) is 5.02 Å². The second kappa shape index (κ2) is 5.66. The molecule has 0 radical (unpaired) electrons. The lowest BCUT2D eigenvalue weighted by molar-refractivity contribution is -0.137. The zero-order valence-corrected chi connectivity index (χ0v) is 12.0. The Balaban J connectivity index is 1.93. The largest absolute Gasteiger partial charge is 0.416 e. The first-order valence-electron chi connectivity index (χ1n) is 6.31. The Labute approximate surface area is 132 Å². The van der Waals surface area contributed by atoms with Crippen LogP contribution in [0, 0.1) is 5.82 Å². The molecule has 0 saturated carbocycles. The van der Waals surface area contributed by atoms with Gasteiger partial charge in [0.25, 0.3) is 5.89 Å². The zero-order chi connectivity index (χ0) is 16.6. The first-order valence-corrected chi connectivity index (χ1v) is 6.69. The average molecular weight is 343 g/mol. The number of benzene rings is 2. The number of halogens is 5. The standard InChI is InChI=1S/C15H7ClF4N2O/c16-12-7-10(17)5-6-11(12)14-21-13(22-23-14)8-1-3-9(4-2-8)15(18,19)20/h1-7H. The lowest BCUT2D eigenvalue weighted by Gasteiger charge is -2.05. The Hall–Kier alpha value is -2.41. The van der Waals surface area contributed by atoms with Crippen LogP contribution < -0.4 is 0 Å². The van der Waals surface area contributed by atoms with E-state index >= 15 is 0 Å². The normalized spacial score (nSPS) is 11.7. The van der Waals surface area contributed by atoms with E-state index in [4.69, 9.17) is 16.1 Å². The number of aromatic nitrogens is 2. The van der Waals surface area contributed by atoms with Gasteiger partial charge in [-0.25, -0.2) is 4.39 Å². The molecule has 0 fully saturated rings. The summed E-state index contributed by atoms with van der Waals surface area (Å²) in [4.78, 5) is 4.07. The molecule has 118 valence electrons. The van der Waals surface area contributed by atoms with Crippen molar-refractivity contribution in [3.63, 3.8) is 0 Å². The van der Waals surface area contributed by atoms with E-state index in [0.29, 0.717) is 11.1 Å². The molecule has 0 N–H and O–H groups in total. The van der Waals surface area contributed by atoms with Crippen molar-refractivity contribution in [2.24, 2.45) is 0 Å². The van der Waals surface area contributed by atoms with Gasteiger partial charge in [-0.1, -0.05) is 28.9 Å². The van der Waals surface area contributed by atoms with Crippen molar-refractivity contribution >= 4 is 11.6 Å². The third-order valence-corrected chi connectivity index (χ3v) is 3.37. The number of hydrogen-bond donors (Lipinski definition) is 0. The highest BCUT2D eigenvalue weighted by Gasteiger charge is 2.30. The maximum absolute atomic E-state index is 13.0. The van der Waals surface area contributed by atoms with Crippen LogP contribution in [0.15, 0.2) is 47.0 Å². The van der Waals surface area contributed by atoms with Gasteiger partial charge in [0.05, 0.1) is 16.1 Å². The average Bonchev–Trinajstić information content (AvgIpc) is 2.96. The van der Waals surface area contributed by atoms with Gasteiger partial charge in [-0.15, -0.1) is 0 Å². The molecular weight excluding hydrogens is 336 g/mol. The SMILES string of the molecule is Fc1ccc(-c2nc(-c3ccc(C(F)(F)F)cc3)no2)c(Cl)c1. The van der Waals surface area contributed by atoms with Crippen molar-refractivity contribution in [2.45, 2.75) is 6.18 Å². The lowest BCUT2D eigenvalue weighted by atomic mass is 10.1. The summed E-state index contributed by atoms with van der Waals surface area (Å²) < 4.78 is 55.6. The van der Waals surface area contributed by atoms with Crippen molar-refractivity contribution in [1.29, 1.82) is 0 Å². The van der Waals surface area contributed by atoms with Crippen LogP contribution in [-0.4, -0.2) is 10.1 Å². The third kappa shape index (κ3) is 3.19. The quantitative estimate of drug-likeness (QED) is 0.600. The molecule has 0 saturated heterocycles. The minimum atomic E-state index is -4.41. The molecular formula is C15H7ClF4N2O. The van der Waals surface area contributed by atoms with Crippen LogP contribution in [0.25, 0.3) is 22.8 Å². The molecule has 3 nitrogen and oxygen atoms in total. The molecule has 3 aromatic rings. The van der Waals surface area contributed by atoms with Gasteiger partial charge in [-0.2, -0.15) is 18.2 Å². The predicted octanol–water partition coefficient (Wildman–Crippen LogP) is 5.21. The van der Waals surface area contributed by atoms with Crippen molar-refractivity contribution in [2.75, 3.05) is 0 Å². The highest BCUT2D eigenvalue weighted by atomic mass is 35.5. The lowest BCUT2D eigenvalue weighted by Crippen LogP contribution is -2.04. The Morgan fingerprint density at radius 3 is 2.30 bits per heavy atom. The van der Waals surface area contributed by atoms with E-state index in [2.05, 4.69) is 10.1 Å². The van der Waals surface area contributed by atoms with Crippen LogP contribution >= 0.6 is 11.6 Å². The van der Waals surface area contributed by atoms with E-state index in [1.54, 1.807) is 0 Å². The summed E-state index contributed by atoms with van der Waals surface area (Å²) in [5.74, 6) is -0.361.